The minimum absolute atomic E-state index is 0.205. The Morgan fingerprint density at radius 1 is 1.16 bits per heavy atom. The predicted octanol–water partition coefficient (Wildman–Crippen LogP) is 3.88. The van der Waals surface area contributed by atoms with E-state index in [0.29, 0.717) is 6.61 Å². The molecular weight excluding hydrogens is 357 g/mol. The van der Waals surface area contributed by atoms with E-state index in [1.165, 1.54) is 0 Å². The highest BCUT2D eigenvalue weighted by molar-refractivity contribution is 7.93. The van der Waals surface area contributed by atoms with Crippen LogP contribution in [-0.4, -0.2) is 51.6 Å². The highest BCUT2D eigenvalue weighted by Gasteiger charge is 2.39. The third-order valence-electron chi connectivity index (χ3n) is 4.14. The molecule has 0 N–H and O–H groups in total. The van der Waals surface area contributed by atoms with E-state index in [9.17, 15) is 8.42 Å². The Kier molecular flexibility index (Phi) is 7.00. The van der Waals surface area contributed by atoms with Crippen molar-refractivity contribution >= 4 is 17.6 Å². The maximum Gasteiger partial charge on any atom is 0.285 e. The lowest BCUT2D eigenvalue weighted by Crippen LogP contribution is -2.17. The van der Waals surface area contributed by atoms with Crippen molar-refractivity contribution in [3.05, 3.63) is 42.0 Å². The summed E-state index contributed by atoms with van der Waals surface area (Å²) in [6.07, 6.45) is 6.06. The van der Waals surface area contributed by atoms with E-state index < -0.39 is 17.6 Å². The molecular formula is C17H28N3O3PS. The average Bonchev–Trinajstić information content (AvgIpc) is 2.83. The van der Waals surface area contributed by atoms with Crippen LogP contribution in [0.4, 0.5) is 0 Å². The fourth-order valence-corrected chi connectivity index (χ4v) is 7.61. The second-order valence-electron chi connectivity index (χ2n) is 6.20. The number of nitrogens with zero attached hydrogens (tertiary/aromatic N) is 3. The molecule has 1 saturated heterocycles. The number of benzene rings is 1. The molecule has 0 unspecified atom stereocenters. The molecule has 6 nitrogen and oxygen atoms in total. The van der Waals surface area contributed by atoms with Crippen LogP contribution in [0.2, 0.25) is 0 Å². The Hall–Kier alpha value is -0.980. The zero-order valence-corrected chi connectivity index (χ0v) is 17.1. The van der Waals surface area contributed by atoms with E-state index in [1.54, 1.807) is 24.3 Å². The van der Waals surface area contributed by atoms with Crippen molar-refractivity contribution in [2.45, 2.75) is 31.6 Å². The van der Waals surface area contributed by atoms with Gasteiger partial charge in [0.15, 0.2) is 0 Å². The summed E-state index contributed by atoms with van der Waals surface area (Å²) < 4.78 is 39.9. The third kappa shape index (κ3) is 4.80. The van der Waals surface area contributed by atoms with Crippen molar-refractivity contribution < 1.29 is 12.9 Å². The first-order valence-corrected chi connectivity index (χ1v) is 11.5. The molecule has 0 aromatic heterocycles. The van der Waals surface area contributed by atoms with Crippen molar-refractivity contribution in [3.63, 3.8) is 0 Å². The number of allylic oxidation sites excluding steroid dienone is 1. The van der Waals surface area contributed by atoms with Gasteiger partial charge < -0.3 is 4.52 Å². The smallest absolute Gasteiger partial charge is 0.285 e. The van der Waals surface area contributed by atoms with Crippen LogP contribution in [0.1, 0.15) is 25.3 Å². The molecule has 0 amide bonds. The van der Waals surface area contributed by atoms with Crippen LogP contribution in [0.5, 0.6) is 0 Å². The molecule has 2 rings (SSSR count). The summed E-state index contributed by atoms with van der Waals surface area (Å²) >= 11 is 0. The Morgan fingerprint density at radius 2 is 1.76 bits per heavy atom. The average molecular weight is 385 g/mol. The fourth-order valence-electron chi connectivity index (χ4n) is 2.55. The molecule has 1 aromatic carbocycles. The van der Waals surface area contributed by atoms with Gasteiger partial charge in [0.2, 0.25) is 7.58 Å². The zero-order valence-electron chi connectivity index (χ0n) is 15.4. The number of aryl methyl sites for hydroxylation is 1. The van der Waals surface area contributed by atoms with E-state index in [0.717, 1.165) is 31.5 Å². The monoisotopic (exact) mass is 385 g/mol. The largest absolute Gasteiger partial charge is 0.316 e. The molecule has 0 bridgehead atoms. The highest BCUT2D eigenvalue weighted by Crippen LogP contribution is 2.60. The molecule has 0 spiro atoms. The summed E-state index contributed by atoms with van der Waals surface area (Å²) in [5, 5.41) is 0. The van der Waals surface area contributed by atoms with Crippen molar-refractivity contribution in [3.8, 4) is 0 Å². The van der Waals surface area contributed by atoms with Crippen molar-refractivity contribution in [2.24, 2.45) is 4.15 Å². The van der Waals surface area contributed by atoms with Crippen LogP contribution in [-0.2, 0) is 14.5 Å². The Morgan fingerprint density at radius 3 is 2.32 bits per heavy atom. The summed E-state index contributed by atoms with van der Waals surface area (Å²) in [5.74, 6) is 0. The maximum atomic E-state index is 12.8. The van der Waals surface area contributed by atoms with Gasteiger partial charge in [-0.3, -0.25) is 0 Å². The summed E-state index contributed by atoms with van der Waals surface area (Å²) in [4.78, 5) is 0.205. The van der Waals surface area contributed by atoms with Crippen LogP contribution >= 0.6 is 7.58 Å². The zero-order chi connectivity index (χ0) is 18.5. The molecule has 0 saturated carbocycles. The SMILES string of the molecule is CCC/C=C\COP1(=NS(=O)(=O)c2ccc(C)cc2)N(C)CCN1C. The lowest BCUT2D eigenvalue weighted by atomic mass is 10.2. The number of hydrogen-bond acceptors (Lipinski definition) is 3. The molecule has 0 radical (unpaired) electrons. The van der Waals surface area contributed by atoms with Gasteiger partial charge in [0.1, 0.15) is 0 Å². The van der Waals surface area contributed by atoms with Gasteiger partial charge in [0.25, 0.3) is 10.0 Å². The number of unbranched alkanes of at least 4 members (excludes halogenated alkanes) is 1. The summed E-state index contributed by atoms with van der Waals surface area (Å²) in [6, 6.07) is 6.76. The van der Waals surface area contributed by atoms with E-state index in [1.807, 2.05) is 36.4 Å². The summed E-state index contributed by atoms with van der Waals surface area (Å²) in [7, 11) is -2.76. The molecule has 0 atom stereocenters. The first-order valence-electron chi connectivity index (χ1n) is 8.50. The minimum Gasteiger partial charge on any atom is -0.316 e. The standard InChI is InChI=1S/C17H28N3O3PS/c1-5-6-7-8-15-23-24(19(3)13-14-20(24)4)18-25(21,22)17-11-9-16(2)10-12-17/h7-12H,5-6,13-15H2,1-4H3/b8-7-. The normalized spacial score (nSPS) is 18.9. The Balaban J connectivity index is 2.37. The molecule has 8 heteroatoms. The van der Waals surface area contributed by atoms with Crippen LogP contribution in [0.15, 0.2) is 45.5 Å². The van der Waals surface area contributed by atoms with Crippen molar-refractivity contribution in [1.29, 1.82) is 0 Å². The van der Waals surface area contributed by atoms with Gasteiger partial charge in [0.05, 0.1) is 11.5 Å². The summed E-state index contributed by atoms with van der Waals surface area (Å²) in [6.45, 7) is 5.86. The maximum absolute atomic E-state index is 12.8. The van der Waals surface area contributed by atoms with E-state index in [-0.39, 0.29) is 4.90 Å². The molecule has 1 aliphatic heterocycles. The first-order chi connectivity index (χ1) is 11.8. The topological polar surface area (TPSA) is 62.2 Å². The van der Waals surface area contributed by atoms with Gasteiger partial charge in [-0.2, -0.15) is 8.42 Å². The van der Waals surface area contributed by atoms with Gasteiger partial charge in [-0.05, 0) is 39.6 Å². The van der Waals surface area contributed by atoms with Crippen molar-refractivity contribution in [2.75, 3.05) is 33.8 Å². The fraction of sp³-hybridized carbons (Fsp3) is 0.529. The van der Waals surface area contributed by atoms with E-state index in [2.05, 4.69) is 17.2 Å². The van der Waals surface area contributed by atoms with E-state index in [4.69, 9.17) is 4.52 Å². The lowest BCUT2D eigenvalue weighted by molar-refractivity contribution is 0.340. The minimum atomic E-state index is -3.79. The quantitative estimate of drug-likeness (QED) is 0.526. The van der Waals surface area contributed by atoms with Gasteiger partial charge >= 0.3 is 0 Å². The molecule has 1 aromatic rings. The molecule has 140 valence electrons. The number of likely N-dealkylation sites (N-methyl/N-ethyl adjacent to an activating group) is 2. The van der Waals surface area contributed by atoms with Crippen LogP contribution in [0, 0.1) is 6.92 Å². The molecule has 25 heavy (non-hydrogen) atoms. The first kappa shape index (κ1) is 20.3. The molecule has 1 heterocycles. The molecule has 1 aliphatic rings. The third-order valence-corrected chi connectivity index (χ3v) is 9.39. The summed E-state index contributed by atoms with van der Waals surface area (Å²) in [5.41, 5.74) is 1.01. The van der Waals surface area contributed by atoms with Crippen LogP contribution < -0.4 is 0 Å². The number of hydrogen-bond donors (Lipinski definition) is 0. The van der Waals surface area contributed by atoms with Gasteiger partial charge in [-0.25, -0.2) is 9.34 Å². The Bertz CT molecular complexity index is 746. The molecule has 1 fully saturated rings. The lowest BCUT2D eigenvalue weighted by Gasteiger charge is -2.29. The second kappa shape index (κ2) is 8.60. The number of rotatable bonds is 7. The van der Waals surface area contributed by atoms with Gasteiger partial charge in [-0.1, -0.05) is 43.2 Å². The second-order valence-corrected chi connectivity index (χ2v) is 10.9. The van der Waals surface area contributed by atoms with Gasteiger partial charge in [0, 0.05) is 13.1 Å². The predicted molar refractivity (Wildman–Crippen MR) is 103 cm³/mol. The Labute approximate surface area is 151 Å². The van der Waals surface area contributed by atoms with Crippen LogP contribution in [0.3, 0.4) is 0 Å². The highest BCUT2D eigenvalue weighted by atomic mass is 32.2. The number of sulfonamides is 1. The van der Waals surface area contributed by atoms with E-state index >= 15 is 0 Å². The molecule has 0 aliphatic carbocycles. The van der Waals surface area contributed by atoms with Crippen molar-refractivity contribution in [1.82, 2.24) is 9.34 Å². The van der Waals surface area contributed by atoms with Gasteiger partial charge in [-0.15, -0.1) is 4.15 Å². The van der Waals surface area contributed by atoms with Crippen LogP contribution in [0.25, 0.3) is 0 Å².